The van der Waals surface area contributed by atoms with Crippen molar-refractivity contribution in [2.24, 2.45) is 0 Å². The first-order chi connectivity index (χ1) is 9.47. The van der Waals surface area contributed by atoms with E-state index in [0.717, 1.165) is 11.6 Å². The van der Waals surface area contributed by atoms with Gasteiger partial charge in [-0.25, -0.2) is 4.39 Å². The van der Waals surface area contributed by atoms with Gasteiger partial charge >= 0.3 is 0 Å². The van der Waals surface area contributed by atoms with Gasteiger partial charge in [-0.1, -0.05) is 35.3 Å². The van der Waals surface area contributed by atoms with Crippen molar-refractivity contribution in [1.29, 1.82) is 0 Å². The van der Waals surface area contributed by atoms with Gasteiger partial charge in [0.15, 0.2) is 0 Å². The molecule has 0 bridgehead atoms. The molecule has 20 heavy (non-hydrogen) atoms. The van der Waals surface area contributed by atoms with Crippen molar-refractivity contribution in [2.75, 3.05) is 5.32 Å². The topological polar surface area (TPSA) is 55.2 Å². The summed E-state index contributed by atoms with van der Waals surface area (Å²) >= 11 is 11.5. The van der Waals surface area contributed by atoms with Crippen molar-refractivity contribution in [2.45, 2.75) is 6.54 Å². The zero-order chi connectivity index (χ0) is 14.7. The first-order valence-corrected chi connectivity index (χ1v) is 6.34. The third kappa shape index (κ3) is 3.37. The maximum Gasteiger partial charge on any atom is 0.295 e. The van der Waals surface area contributed by atoms with Crippen molar-refractivity contribution in [1.82, 2.24) is 0 Å². The number of anilines is 1. The number of nitro benzene ring substituents is 1. The summed E-state index contributed by atoms with van der Waals surface area (Å²) in [5, 5.41) is 14.1. The molecule has 0 atom stereocenters. The average molecular weight is 315 g/mol. The standard InChI is InChI=1S/C13H9Cl2FN2O2/c14-9-3-1-2-8(4-9)7-17-12-5-10(15)11(16)6-13(12)18(19)20/h1-6,17H,7H2. The van der Waals surface area contributed by atoms with E-state index in [1.54, 1.807) is 18.2 Å². The molecule has 0 aliphatic heterocycles. The van der Waals surface area contributed by atoms with Crippen LogP contribution in [0.15, 0.2) is 36.4 Å². The van der Waals surface area contributed by atoms with E-state index in [1.807, 2.05) is 6.07 Å². The maximum atomic E-state index is 13.3. The molecule has 2 aromatic rings. The van der Waals surface area contributed by atoms with Gasteiger partial charge in [0.1, 0.15) is 11.5 Å². The summed E-state index contributed by atoms with van der Waals surface area (Å²) in [4.78, 5) is 10.2. The SMILES string of the molecule is O=[N+]([O-])c1cc(F)c(Cl)cc1NCc1cccc(Cl)c1. The molecule has 0 aliphatic rings. The third-order valence-corrected chi connectivity index (χ3v) is 3.13. The fraction of sp³-hybridized carbons (Fsp3) is 0.0769. The van der Waals surface area contributed by atoms with Crippen LogP contribution in [0.5, 0.6) is 0 Å². The fourth-order valence-electron chi connectivity index (χ4n) is 1.67. The molecule has 0 saturated carbocycles. The van der Waals surface area contributed by atoms with Crippen LogP contribution in [0, 0.1) is 15.9 Å². The molecule has 0 unspecified atom stereocenters. The van der Waals surface area contributed by atoms with E-state index in [1.165, 1.54) is 6.07 Å². The van der Waals surface area contributed by atoms with Gasteiger partial charge < -0.3 is 5.32 Å². The largest absolute Gasteiger partial charge is 0.375 e. The van der Waals surface area contributed by atoms with Crippen molar-refractivity contribution >= 4 is 34.6 Å². The highest BCUT2D eigenvalue weighted by atomic mass is 35.5. The first-order valence-electron chi connectivity index (χ1n) is 5.59. The van der Waals surface area contributed by atoms with E-state index in [2.05, 4.69) is 5.32 Å². The molecule has 7 heteroatoms. The molecule has 0 heterocycles. The maximum absolute atomic E-state index is 13.3. The molecule has 0 fully saturated rings. The van der Waals surface area contributed by atoms with Crippen LogP contribution in [0.2, 0.25) is 10.0 Å². The summed E-state index contributed by atoms with van der Waals surface area (Å²) in [6.07, 6.45) is 0. The van der Waals surface area contributed by atoms with Gasteiger partial charge in [0.25, 0.3) is 5.69 Å². The molecule has 0 aromatic heterocycles. The number of hydrogen-bond donors (Lipinski definition) is 1. The number of hydrogen-bond acceptors (Lipinski definition) is 3. The molecule has 0 saturated heterocycles. The summed E-state index contributed by atoms with van der Waals surface area (Å²) < 4.78 is 13.3. The Labute approximate surface area is 124 Å². The average Bonchev–Trinajstić information content (AvgIpc) is 2.39. The Bertz CT molecular complexity index is 665. The fourth-order valence-corrected chi connectivity index (χ4v) is 2.05. The van der Waals surface area contributed by atoms with Crippen LogP contribution in [0.3, 0.4) is 0 Å². The summed E-state index contributed by atoms with van der Waals surface area (Å²) in [7, 11) is 0. The van der Waals surface area contributed by atoms with Gasteiger partial charge in [0.2, 0.25) is 0 Å². The van der Waals surface area contributed by atoms with E-state index in [-0.39, 0.29) is 16.4 Å². The number of nitrogens with zero attached hydrogens (tertiary/aromatic N) is 1. The predicted molar refractivity (Wildman–Crippen MR) is 76.8 cm³/mol. The normalized spacial score (nSPS) is 10.3. The molecule has 2 rings (SSSR count). The van der Waals surface area contributed by atoms with Crippen molar-refractivity contribution in [3.63, 3.8) is 0 Å². The Kier molecular flexibility index (Phi) is 4.42. The minimum atomic E-state index is -0.827. The Morgan fingerprint density at radius 3 is 2.65 bits per heavy atom. The lowest BCUT2D eigenvalue weighted by Crippen LogP contribution is -2.03. The minimum absolute atomic E-state index is 0.154. The lowest BCUT2D eigenvalue weighted by Gasteiger charge is -2.08. The Balaban J connectivity index is 2.24. The third-order valence-electron chi connectivity index (χ3n) is 2.61. The highest BCUT2D eigenvalue weighted by molar-refractivity contribution is 6.31. The molecule has 1 N–H and O–H groups in total. The van der Waals surface area contributed by atoms with Crippen LogP contribution in [0.4, 0.5) is 15.8 Å². The van der Waals surface area contributed by atoms with E-state index < -0.39 is 10.7 Å². The lowest BCUT2D eigenvalue weighted by molar-refractivity contribution is -0.384. The predicted octanol–water partition coefficient (Wildman–Crippen LogP) is 4.65. The van der Waals surface area contributed by atoms with Gasteiger partial charge in [-0.2, -0.15) is 0 Å². The quantitative estimate of drug-likeness (QED) is 0.660. The highest BCUT2D eigenvalue weighted by Gasteiger charge is 2.17. The zero-order valence-corrected chi connectivity index (χ0v) is 11.6. The molecule has 0 amide bonds. The van der Waals surface area contributed by atoms with Crippen molar-refractivity contribution in [3.05, 3.63) is 67.9 Å². The number of nitro groups is 1. The van der Waals surface area contributed by atoms with E-state index in [0.29, 0.717) is 11.6 Å². The van der Waals surface area contributed by atoms with Crippen LogP contribution in [-0.2, 0) is 6.54 Å². The van der Waals surface area contributed by atoms with Gasteiger partial charge in [0.05, 0.1) is 16.0 Å². The van der Waals surface area contributed by atoms with Crippen LogP contribution in [0.25, 0.3) is 0 Å². The van der Waals surface area contributed by atoms with Gasteiger partial charge in [0, 0.05) is 11.6 Å². The Morgan fingerprint density at radius 2 is 2.00 bits per heavy atom. The number of rotatable bonds is 4. The molecule has 0 radical (unpaired) electrons. The number of nitrogens with one attached hydrogen (secondary N) is 1. The second-order valence-corrected chi connectivity index (χ2v) is 4.87. The van der Waals surface area contributed by atoms with Crippen LogP contribution >= 0.6 is 23.2 Å². The zero-order valence-electron chi connectivity index (χ0n) is 10.1. The molecular weight excluding hydrogens is 306 g/mol. The highest BCUT2D eigenvalue weighted by Crippen LogP contribution is 2.30. The van der Waals surface area contributed by atoms with E-state index >= 15 is 0 Å². The molecular formula is C13H9Cl2FN2O2. The smallest absolute Gasteiger partial charge is 0.295 e. The molecule has 2 aromatic carbocycles. The molecule has 4 nitrogen and oxygen atoms in total. The summed E-state index contributed by atoms with van der Waals surface area (Å²) in [5.41, 5.74) is 0.627. The minimum Gasteiger partial charge on any atom is -0.375 e. The van der Waals surface area contributed by atoms with Gasteiger partial charge in [-0.15, -0.1) is 0 Å². The van der Waals surface area contributed by atoms with Crippen molar-refractivity contribution in [3.8, 4) is 0 Å². The van der Waals surface area contributed by atoms with Gasteiger partial charge in [-0.3, -0.25) is 10.1 Å². The van der Waals surface area contributed by atoms with Crippen LogP contribution < -0.4 is 5.32 Å². The van der Waals surface area contributed by atoms with Gasteiger partial charge in [-0.05, 0) is 23.8 Å². The lowest BCUT2D eigenvalue weighted by atomic mass is 10.2. The monoisotopic (exact) mass is 314 g/mol. The molecule has 104 valence electrons. The summed E-state index contributed by atoms with van der Waals surface area (Å²) in [6, 6.07) is 9.03. The van der Waals surface area contributed by atoms with Crippen LogP contribution in [-0.4, -0.2) is 4.92 Å². The second-order valence-electron chi connectivity index (χ2n) is 4.02. The molecule has 0 aliphatic carbocycles. The number of benzene rings is 2. The van der Waals surface area contributed by atoms with Crippen molar-refractivity contribution < 1.29 is 9.31 Å². The van der Waals surface area contributed by atoms with E-state index in [4.69, 9.17) is 23.2 Å². The molecule has 0 spiro atoms. The Hall–Kier alpha value is -1.85. The van der Waals surface area contributed by atoms with Crippen LogP contribution in [0.1, 0.15) is 5.56 Å². The Morgan fingerprint density at radius 1 is 1.25 bits per heavy atom. The summed E-state index contributed by atoms with van der Waals surface area (Å²) in [6.45, 7) is 0.309. The first kappa shape index (κ1) is 14.6. The number of halogens is 3. The van der Waals surface area contributed by atoms with E-state index in [9.17, 15) is 14.5 Å². The summed E-state index contributed by atoms with van der Waals surface area (Å²) in [5.74, 6) is -0.827. The second kappa shape index (κ2) is 6.07.